The summed E-state index contributed by atoms with van der Waals surface area (Å²) in [6.45, 7) is 3.51. The Bertz CT molecular complexity index is 437. The Morgan fingerprint density at radius 3 is 2.59 bits per heavy atom. The Hall–Kier alpha value is -2.10. The summed E-state index contributed by atoms with van der Waals surface area (Å²) in [4.78, 5) is 21.7. The van der Waals surface area contributed by atoms with Crippen LogP contribution in [-0.4, -0.2) is 22.2 Å². The zero-order chi connectivity index (χ0) is 12.8. The van der Waals surface area contributed by atoms with E-state index in [1.807, 2.05) is 0 Å². The van der Waals surface area contributed by atoms with Gasteiger partial charge < -0.3 is 10.2 Å². The smallest absolute Gasteiger partial charge is 0.335 e. The first-order valence-corrected chi connectivity index (χ1v) is 5.20. The van der Waals surface area contributed by atoms with E-state index < -0.39 is 17.9 Å². The first-order chi connectivity index (χ1) is 8.04. The first kappa shape index (κ1) is 13.0. The van der Waals surface area contributed by atoms with Crippen molar-refractivity contribution in [1.29, 1.82) is 0 Å². The molecule has 0 aliphatic rings. The molecule has 17 heavy (non-hydrogen) atoms. The number of carbonyl (C=O) groups is 2. The average Bonchev–Trinajstić information content (AvgIpc) is 2.28. The Labute approximate surface area is 99.2 Å². The first-order valence-electron chi connectivity index (χ1n) is 5.20. The topological polar surface area (TPSA) is 74.6 Å². The van der Waals surface area contributed by atoms with Crippen molar-refractivity contribution in [1.82, 2.24) is 0 Å². The fourth-order valence-electron chi connectivity index (χ4n) is 1.59. The highest BCUT2D eigenvalue weighted by Crippen LogP contribution is 2.15. The molecule has 0 radical (unpaired) electrons. The third-order valence-corrected chi connectivity index (χ3v) is 2.46. The summed E-state index contributed by atoms with van der Waals surface area (Å²) in [6.07, 6.45) is 2.23. The zero-order valence-corrected chi connectivity index (χ0v) is 9.30. The number of benzene rings is 1. The van der Waals surface area contributed by atoms with Crippen LogP contribution in [0.4, 0.5) is 0 Å². The Morgan fingerprint density at radius 2 is 2.06 bits per heavy atom. The molecule has 1 rings (SSSR count). The third-order valence-electron chi connectivity index (χ3n) is 2.46. The molecule has 0 bridgehead atoms. The minimum atomic E-state index is -1.01. The van der Waals surface area contributed by atoms with E-state index in [1.165, 1.54) is 12.1 Å². The fraction of sp³-hybridized carbons (Fsp3) is 0.231. The quantitative estimate of drug-likeness (QED) is 0.740. The number of rotatable bonds is 6. The second-order valence-electron chi connectivity index (χ2n) is 3.77. The highest BCUT2D eigenvalue weighted by molar-refractivity contribution is 5.87. The summed E-state index contributed by atoms with van der Waals surface area (Å²) >= 11 is 0. The van der Waals surface area contributed by atoms with E-state index in [0.717, 1.165) is 0 Å². The molecule has 0 saturated carbocycles. The SMILES string of the molecule is C=CC[C@H](Cc1cccc(C(=O)O)c1)C(=O)O. The summed E-state index contributed by atoms with van der Waals surface area (Å²) in [6, 6.07) is 6.33. The van der Waals surface area contributed by atoms with Crippen LogP contribution in [-0.2, 0) is 11.2 Å². The van der Waals surface area contributed by atoms with Crippen molar-refractivity contribution in [3.63, 3.8) is 0 Å². The van der Waals surface area contributed by atoms with Gasteiger partial charge in [-0.2, -0.15) is 0 Å². The van der Waals surface area contributed by atoms with Crippen molar-refractivity contribution < 1.29 is 19.8 Å². The van der Waals surface area contributed by atoms with E-state index in [4.69, 9.17) is 10.2 Å². The standard InChI is InChI=1S/C13H14O4/c1-2-4-10(12(14)15)7-9-5-3-6-11(8-9)13(16)17/h2-3,5-6,8,10H,1,4,7H2,(H,14,15)(H,16,17)/t10-/m1/s1. The molecule has 0 aliphatic carbocycles. The van der Waals surface area contributed by atoms with Crippen LogP contribution in [0, 0.1) is 5.92 Å². The van der Waals surface area contributed by atoms with Crippen molar-refractivity contribution in [3.8, 4) is 0 Å². The van der Waals surface area contributed by atoms with Crippen LogP contribution in [0.25, 0.3) is 0 Å². The van der Waals surface area contributed by atoms with Crippen LogP contribution in [0.15, 0.2) is 36.9 Å². The summed E-state index contributed by atoms with van der Waals surface area (Å²) in [5.74, 6) is -2.47. The number of carboxylic acid groups (broad SMARTS) is 2. The van der Waals surface area contributed by atoms with Gasteiger partial charge in [-0.1, -0.05) is 18.2 Å². The molecule has 0 heterocycles. The molecule has 1 atom stereocenters. The molecule has 0 aliphatic heterocycles. The van der Waals surface area contributed by atoms with Gasteiger partial charge in [0.25, 0.3) is 0 Å². The van der Waals surface area contributed by atoms with Crippen molar-refractivity contribution >= 4 is 11.9 Å². The predicted molar refractivity (Wildman–Crippen MR) is 63.0 cm³/mol. The van der Waals surface area contributed by atoms with Crippen molar-refractivity contribution in [3.05, 3.63) is 48.0 Å². The monoisotopic (exact) mass is 234 g/mol. The normalized spacial score (nSPS) is 11.8. The number of hydrogen-bond donors (Lipinski definition) is 2. The summed E-state index contributed by atoms with van der Waals surface area (Å²) < 4.78 is 0. The highest BCUT2D eigenvalue weighted by Gasteiger charge is 2.16. The molecule has 2 N–H and O–H groups in total. The number of allylic oxidation sites excluding steroid dienone is 1. The van der Waals surface area contributed by atoms with Gasteiger partial charge in [0.05, 0.1) is 11.5 Å². The van der Waals surface area contributed by atoms with Crippen LogP contribution in [0.2, 0.25) is 0 Å². The Morgan fingerprint density at radius 1 is 1.35 bits per heavy atom. The number of aromatic carboxylic acids is 1. The summed E-state index contributed by atoms with van der Waals surface area (Å²) in [5.41, 5.74) is 0.879. The van der Waals surface area contributed by atoms with Crippen LogP contribution >= 0.6 is 0 Å². The maximum Gasteiger partial charge on any atom is 0.335 e. The summed E-state index contributed by atoms with van der Waals surface area (Å²) in [7, 11) is 0. The van der Waals surface area contributed by atoms with Gasteiger partial charge in [0.15, 0.2) is 0 Å². The predicted octanol–water partition coefficient (Wildman–Crippen LogP) is 2.20. The molecule has 1 aromatic rings. The van der Waals surface area contributed by atoms with E-state index in [0.29, 0.717) is 18.4 Å². The maximum absolute atomic E-state index is 10.9. The fourth-order valence-corrected chi connectivity index (χ4v) is 1.59. The van der Waals surface area contributed by atoms with E-state index in [-0.39, 0.29) is 5.56 Å². The van der Waals surface area contributed by atoms with Crippen LogP contribution in [0.3, 0.4) is 0 Å². The second kappa shape index (κ2) is 5.84. The molecule has 1 aromatic carbocycles. The summed E-state index contributed by atoms with van der Waals surface area (Å²) in [5, 5.41) is 17.8. The average molecular weight is 234 g/mol. The Balaban J connectivity index is 2.85. The molecule has 0 unspecified atom stereocenters. The van der Waals surface area contributed by atoms with Crippen molar-refractivity contribution in [2.45, 2.75) is 12.8 Å². The number of aliphatic carboxylic acids is 1. The van der Waals surface area contributed by atoms with Crippen molar-refractivity contribution in [2.24, 2.45) is 5.92 Å². The van der Waals surface area contributed by atoms with Crippen LogP contribution < -0.4 is 0 Å². The zero-order valence-electron chi connectivity index (χ0n) is 9.30. The van der Waals surface area contributed by atoms with Crippen LogP contribution in [0.1, 0.15) is 22.3 Å². The van der Waals surface area contributed by atoms with Gasteiger partial charge in [0, 0.05) is 0 Å². The van der Waals surface area contributed by atoms with Gasteiger partial charge >= 0.3 is 11.9 Å². The molecule has 0 spiro atoms. The molecule has 0 fully saturated rings. The van der Waals surface area contributed by atoms with Gasteiger partial charge in [-0.25, -0.2) is 4.79 Å². The van der Waals surface area contributed by atoms with E-state index >= 15 is 0 Å². The van der Waals surface area contributed by atoms with Crippen molar-refractivity contribution in [2.75, 3.05) is 0 Å². The molecule has 0 saturated heterocycles. The lowest BCUT2D eigenvalue weighted by Gasteiger charge is -2.10. The number of carboxylic acids is 2. The van der Waals surface area contributed by atoms with Crippen LogP contribution in [0.5, 0.6) is 0 Å². The van der Waals surface area contributed by atoms with Gasteiger partial charge in [-0.15, -0.1) is 6.58 Å². The lowest BCUT2D eigenvalue weighted by Crippen LogP contribution is -2.15. The molecular formula is C13H14O4. The lowest BCUT2D eigenvalue weighted by atomic mass is 9.95. The van der Waals surface area contributed by atoms with Gasteiger partial charge in [-0.05, 0) is 30.5 Å². The van der Waals surface area contributed by atoms with Gasteiger partial charge in [0.1, 0.15) is 0 Å². The van der Waals surface area contributed by atoms with Gasteiger partial charge in [0.2, 0.25) is 0 Å². The van der Waals surface area contributed by atoms with E-state index in [1.54, 1.807) is 18.2 Å². The molecule has 4 heteroatoms. The molecular weight excluding hydrogens is 220 g/mol. The molecule has 0 amide bonds. The number of hydrogen-bond acceptors (Lipinski definition) is 2. The lowest BCUT2D eigenvalue weighted by molar-refractivity contribution is -0.141. The molecule has 4 nitrogen and oxygen atoms in total. The van der Waals surface area contributed by atoms with E-state index in [2.05, 4.69) is 6.58 Å². The largest absolute Gasteiger partial charge is 0.481 e. The minimum absolute atomic E-state index is 0.172. The molecule has 90 valence electrons. The minimum Gasteiger partial charge on any atom is -0.481 e. The Kier molecular flexibility index (Phi) is 4.46. The second-order valence-corrected chi connectivity index (χ2v) is 3.77. The maximum atomic E-state index is 10.9. The van der Waals surface area contributed by atoms with Gasteiger partial charge in [-0.3, -0.25) is 4.79 Å². The molecule has 0 aromatic heterocycles. The third kappa shape index (κ3) is 3.75. The van der Waals surface area contributed by atoms with E-state index in [9.17, 15) is 9.59 Å². The highest BCUT2D eigenvalue weighted by atomic mass is 16.4.